The number of nitrogens with one attached hydrogen (secondary N) is 3. The van der Waals surface area contributed by atoms with E-state index >= 15 is 0 Å². The van der Waals surface area contributed by atoms with Crippen LogP contribution in [0, 0.1) is 0 Å². The van der Waals surface area contributed by atoms with Crippen molar-refractivity contribution in [3.05, 3.63) is 76.2 Å². The molecule has 4 aromatic rings. The smallest absolute Gasteiger partial charge is 0.289 e. The zero-order valence-corrected chi connectivity index (χ0v) is 16.1. The van der Waals surface area contributed by atoms with E-state index in [-0.39, 0.29) is 11.6 Å². The predicted molar refractivity (Wildman–Crippen MR) is 109 cm³/mol. The Bertz CT molecular complexity index is 1070. The number of carbonyl (C=O) groups is 2. The van der Waals surface area contributed by atoms with Gasteiger partial charge in [-0.2, -0.15) is 0 Å². The van der Waals surface area contributed by atoms with Gasteiger partial charge < -0.3 is 4.98 Å². The highest BCUT2D eigenvalue weighted by Crippen LogP contribution is 2.23. The van der Waals surface area contributed by atoms with Gasteiger partial charge in [-0.1, -0.05) is 36.0 Å². The molecule has 3 N–H and O–H groups in total. The number of benzene rings is 2. The lowest BCUT2D eigenvalue weighted by Crippen LogP contribution is -2.41. The van der Waals surface area contributed by atoms with E-state index in [9.17, 15) is 9.59 Å². The summed E-state index contributed by atoms with van der Waals surface area (Å²) in [7, 11) is 0. The van der Waals surface area contributed by atoms with Gasteiger partial charge in [0.1, 0.15) is 5.69 Å². The summed E-state index contributed by atoms with van der Waals surface area (Å²) in [6, 6.07) is 15.1. The number of aromatic amines is 1. The highest BCUT2D eigenvalue weighted by atomic mass is 32.2. The van der Waals surface area contributed by atoms with Crippen LogP contribution in [0.5, 0.6) is 0 Å². The second kappa shape index (κ2) is 8.24. The van der Waals surface area contributed by atoms with Crippen molar-refractivity contribution in [1.82, 2.24) is 25.8 Å². The lowest BCUT2D eigenvalue weighted by atomic mass is 10.1. The number of rotatable bonds is 5. The summed E-state index contributed by atoms with van der Waals surface area (Å²) in [5.41, 5.74) is 10.0. The van der Waals surface area contributed by atoms with Gasteiger partial charge in [0.15, 0.2) is 5.16 Å². The van der Waals surface area contributed by atoms with E-state index in [0.29, 0.717) is 5.56 Å². The topological polar surface area (TPSA) is 99.8 Å². The van der Waals surface area contributed by atoms with Crippen LogP contribution < -0.4 is 10.9 Å². The normalized spacial score (nSPS) is 10.7. The molecule has 0 radical (unpaired) electrons. The molecule has 28 heavy (non-hydrogen) atoms. The monoisotopic (exact) mass is 409 g/mol. The lowest BCUT2D eigenvalue weighted by molar-refractivity contribution is 0.0844. The van der Waals surface area contributed by atoms with Crippen LogP contribution in [-0.2, 0) is 5.75 Å². The quantitative estimate of drug-likeness (QED) is 0.347. The van der Waals surface area contributed by atoms with Crippen LogP contribution in [0.15, 0.2) is 64.6 Å². The van der Waals surface area contributed by atoms with Crippen molar-refractivity contribution in [1.29, 1.82) is 0 Å². The van der Waals surface area contributed by atoms with Crippen LogP contribution in [0.1, 0.15) is 26.4 Å². The first-order chi connectivity index (χ1) is 13.7. The van der Waals surface area contributed by atoms with Gasteiger partial charge in [-0.25, -0.2) is 9.97 Å². The number of hydrazine groups is 1. The molecule has 9 heteroatoms. The summed E-state index contributed by atoms with van der Waals surface area (Å²) in [6.07, 6.45) is 0. The summed E-state index contributed by atoms with van der Waals surface area (Å²) >= 11 is 2.91. The van der Waals surface area contributed by atoms with Crippen molar-refractivity contribution < 1.29 is 9.59 Å². The van der Waals surface area contributed by atoms with Gasteiger partial charge in [0.2, 0.25) is 0 Å². The molecule has 0 unspecified atom stereocenters. The number of para-hydroxylation sites is 2. The molecule has 7 nitrogen and oxygen atoms in total. The SMILES string of the molecule is O=C(NNC(=O)c1cscn1)c1ccc(CSc2nc3ccccc3[nH]2)cc1. The minimum Gasteiger partial charge on any atom is -0.333 e. The van der Waals surface area contributed by atoms with Crippen molar-refractivity contribution in [2.75, 3.05) is 0 Å². The maximum Gasteiger partial charge on any atom is 0.289 e. The van der Waals surface area contributed by atoms with Crippen molar-refractivity contribution in [3.8, 4) is 0 Å². The molecule has 2 aromatic heterocycles. The predicted octanol–water partition coefficient (Wildman–Crippen LogP) is 3.39. The Labute approximate surface area is 168 Å². The zero-order valence-electron chi connectivity index (χ0n) is 14.5. The summed E-state index contributed by atoms with van der Waals surface area (Å²) < 4.78 is 0. The molecular formula is C19H15N5O2S2. The molecule has 0 atom stereocenters. The molecule has 4 rings (SSSR count). The number of thiazole rings is 1. The minimum atomic E-state index is -0.451. The van der Waals surface area contributed by atoms with Crippen molar-refractivity contribution >= 4 is 45.9 Å². The summed E-state index contributed by atoms with van der Waals surface area (Å²) in [5, 5.41) is 2.46. The van der Waals surface area contributed by atoms with Gasteiger partial charge in [-0.3, -0.25) is 20.4 Å². The number of carbonyl (C=O) groups excluding carboxylic acids is 2. The Kier molecular flexibility index (Phi) is 5.36. The first-order valence-electron chi connectivity index (χ1n) is 8.34. The molecular weight excluding hydrogens is 394 g/mol. The van der Waals surface area contributed by atoms with Gasteiger partial charge in [-0.15, -0.1) is 11.3 Å². The number of thioether (sulfide) groups is 1. The molecule has 2 heterocycles. The third-order valence-corrected chi connectivity index (χ3v) is 5.44. The fourth-order valence-corrected chi connectivity index (χ4v) is 3.85. The maximum absolute atomic E-state index is 12.1. The Morgan fingerprint density at radius 1 is 1.04 bits per heavy atom. The molecule has 2 amide bonds. The van der Waals surface area contributed by atoms with Crippen LogP contribution >= 0.6 is 23.1 Å². The summed E-state index contributed by atoms with van der Waals surface area (Å²) in [4.78, 5) is 35.6. The summed E-state index contributed by atoms with van der Waals surface area (Å²) in [6.45, 7) is 0. The Hall–Kier alpha value is -3.17. The number of nitrogens with zero attached hydrogens (tertiary/aromatic N) is 2. The Morgan fingerprint density at radius 3 is 2.57 bits per heavy atom. The molecule has 2 aromatic carbocycles. The van der Waals surface area contributed by atoms with Gasteiger partial charge in [0.25, 0.3) is 11.8 Å². The second-order valence-corrected chi connectivity index (χ2v) is 7.51. The number of H-pyrrole nitrogens is 1. The van der Waals surface area contributed by atoms with E-state index in [2.05, 4.69) is 25.8 Å². The molecule has 0 saturated carbocycles. The van der Waals surface area contributed by atoms with E-state index in [4.69, 9.17) is 0 Å². The molecule has 0 aliphatic heterocycles. The molecule has 0 fully saturated rings. The van der Waals surface area contributed by atoms with Crippen molar-refractivity contribution in [2.24, 2.45) is 0 Å². The number of hydrogen-bond acceptors (Lipinski definition) is 6. The third kappa shape index (κ3) is 4.21. The van der Waals surface area contributed by atoms with E-state index < -0.39 is 5.91 Å². The second-order valence-electron chi connectivity index (χ2n) is 5.83. The lowest BCUT2D eigenvalue weighted by Gasteiger charge is -2.07. The van der Waals surface area contributed by atoms with E-state index in [1.54, 1.807) is 34.8 Å². The Balaban J connectivity index is 1.31. The highest BCUT2D eigenvalue weighted by Gasteiger charge is 2.10. The van der Waals surface area contributed by atoms with Gasteiger partial charge in [0, 0.05) is 16.7 Å². The number of fused-ring (bicyclic) bond motifs is 1. The maximum atomic E-state index is 12.1. The molecule has 0 aliphatic carbocycles. The molecule has 0 spiro atoms. The number of hydrogen-bond donors (Lipinski definition) is 3. The van der Waals surface area contributed by atoms with Crippen molar-refractivity contribution in [2.45, 2.75) is 10.9 Å². The van der Waals surface area contributed by atoms with E-state index in [1.807, 2.05) is 36.4 Å². The number of aromatic nitrogens is 3. The minimum absolute atomic E-state index is 0.267. The highest BCUT2D eigenvalue weighted by molar-refractivity contribution is 7.98. The third-order valence-electron chi connectivity index (χ3n) is 3.91. The van der Waals surface area contributed by atoms with Crippen LogP contribution in [0.25, 0.3) is 11.0 Å². The van der Waals surface area contributed by atoms with Crippen LogP contribution in [-0.4, -0.2) is 26.8 Å². The standard InChI is InChI=1S/C19H15N5O2S2/c25-17(23-24-18(26)16-10-27-11-20-16)13-7-5-12(6-8-13)9-28-19-21-14-3-1-2-4-15(14)22-19/h1-8,10-11H,9H2,(H,21,22)(H,23,25)(H,24,26). The van der Waals surface area contributed by atoms with Crippen LogP contribution in [0.3, 0.4) is 0 Å². The largest absolute Gasteiger partial charge is 0.333 e. The first-order valence-corrected chi connectivity index (χ1v) is 10.3. The van der Waals surface area contributed by atoms with Gasteiger partial charge in [-0.05, 0) is 29.8 Å². The van der Waals surface area contributed by atoms with Crippen LogP contribution in [0.2, 0.25) is 0 Å². The van der Waals surface area contributed by atoms with E-state index in [0.717, 1.165) is 27.5 Å². The molecule has 0 bridgehead atoms. The van der Waals surface area contributed by atoms with Gasteiger partial charge >= 0.3 is 0 Å². The average Bonchev–Trinajstić information content (AvgIpc) is 3.40. The zero-order chi connectivity index (χ0) is 19.3. The van der Waals surface area contributed by atoms with Crippen LogP contribution in [0.4, 0.5) is 0 Å². The molecule has 0 aliphatic rings. The Morgan fingerprint density at radius 2 is 1.82 bits per heavy atom. The number of amides is 2. The van der Waals surface area contributed by atoms with Gasteiger partial charge in [0.05, 0.1) is 16.5 Å². The first kappa shape index (κ1) is 18.2. The molecule has 140 valence electrons. The van der Waals surface area contributed by atoms with Crippen molar-refractivity contribution in [3.63, 3.8) is 0 Å². The molecule has 0 saturated heterocycles. The fourth-order valence-electron chi connectivity index (χ4n) is 2.48. The number of imidazole rings is 1. The van der Waals surface area contributed by atoms with E-state index in [1.165, 1.54) is 11.3 Å². The fraction of sp³-hybridized carbons (Fsp3) is 0.0526. The summed E-state index contributed by atoms with van der Waals surface area (Å²) in [5.74, 6) is -0.115. The average molecular weight is 409 g/mol.